The molecule has 1 heterocycles. The summed E-state index contributed by atoms with van der Waals surface area (Å²) in [5.41, 5.74) is 2.47. The quantitative estimate of drug-likeness (QED) is 0.787. The topological polar surface area (TPSA) is 46.5 Å². The van der Waals surface area contributed by atoms with E-state index < -0.39 is 11.9 Å². The number of hydrogen-bond donors (Lipinski definition) is 1. The monoisotopic (exact) mass is 366 g/mol. The smallest absolute Gasteiger partial charge is 0.315 e. The molecule has 0 radical (unpaired) electrons. The molecule has 0 fully saturated rings. The first-order valence-corrected chi connectivity index (χ1v) is 6.97. The predicted molar refractivity (Wildman–Crippen MR) is 79.4 cm³/mol. The van der Waals surface area contributed by atoms with Crippen molar-refractivity contribution in [3.8, 4) is 5.75 Å². The summed E-state index contributed by atoms with van der Waals surface area (Å²) in [5.74, 6) is -0.853. The SMILES string of the molecule is O=C(O)C1c2ccccc2COc2ccc(I)cc21. The molecule has 0 aliphatic carbocycles. The number of carboxylic acids is 1. The number of ether oxygens (including phenoxy) is 1. The molecule has 2 aromatic carbocycles. The van der Waals surface area contributed by atoms with Crippen LogP contribution in [0, 0.1) is 3.57 Å². The van der Waals surface area contributed by atoms with E-state index >= 15 is 0 Å². The Morgan fingerprint density at radius 1 is 1.21 bits per heavy atom. The molecular formula is C15H11IO3. The summed E-state index contributed by atoms with van der Waals surface area (Å²) >= 11 is 2.18. The van der Waals surface area contributed by atoms with Gasteiger partial charge in [-0.05, 0) is 51.9 Å². The zero-order valence-corrected chi connectivity index (χ0v) is 12.1. The third kappa shape index (κ3) is 2.20. The Hall–Kier alpha value is -1.56. The minimum Gasteiger partial charge on any atom is -0.489 e. The van der Waals surface area contributed by atoms with Crippen LogP contribution in [0.3, 0.4) is 0 Å². The van der Waals surface area contributed by atoms with Gasteiger partial charge in [0.15, 0.2) is 0 Å². The predicted octanol–water partition coefficient (Wildman–Crippen LogP) is 3.40. The van der Waals surface area contributed by atoms with Gasteiger partial charge < -0.3 is 9.84 Å². The second kappa shape index (κ2) is 4.85. The van der Waals surface area contributed by atoms with Crippen LogP contribution in [-0.2, 0) is 11.4 Å². The molecule has 0 spiro atoms. The lowest BCUT2D eigenvalue weighted by molar-refractivity contribution is -0.137. The van der Waals surface area contributed by atoms with Crippen molar-refractivity contribution in [1.29, 1.82) is 0 Å². The third-order valence-electron chi connectivity index (χ3n) is 3.28. The molecule has 0 saturated carbocycles. The van der Waals surface area contributed by atoms with Gasteiger partial charge >= 0.3 is 5.97 Å². The van der Waals surface area contributed by atoms with Gasteiger partial charge in [-0.3, -0.25) is 4.79 Å². The highest BCUT2D eigenvalue weighted by molar-refractivity contribution is 14.1. The zero-order valence-electron chi connectivity index (χ0n) is 9.97. The minimum absolute atomic E-state index is 0.410. The van der Waals surface area contributed by atoms with Gasteiger partial charge in [0.1, 0.15) is 18.3 Å². The molecule has 0 aromatic heterocycles. The number of fused-ring (bicyclic) bond motifs is 2. The van der Waals surface area contributed by atoms with Crippen molar-refractivity contribution in [2.75, 3.05) is 0 Å². The van der Waals surface area contributed by atoms with E-state index in [-0.39, 0.29) is 0 Å². The van der Waals surface area contributed by atoms with Gasteiger partial charge in [-0.1, -0.05) is 24.3 Å². The Morgan fingerprint density at radius 2 is 2.00 bits per heavy atom. The van der Waals surface area contributed by atoms with Crippen LogP contribution in [0.1, 0.15) is 22.6 Å². The van der Waals surface area contributed by atoms with E-state index in [4.69, 9.17) is 4.74 Å². The molecule has 0 bridgehead atoms. The lowest BCUT2D eigenvalue weighted by Gasteiger charge is -2.14. The number of benzene rings is 2. The van der Waals surface area contributed by atoms with Gasteiger partial charge in [-0.15, -0.1) is 0 Å². The fourth-order valence-corrected chi connectivity index (χ4v) is 2.93. The molecule has 0 amide bonds. The van der Waals surface area contributed by atoms with Crippen molar-refractivity contribution in [2.45, 2.75) is 12.5 Å². The van der Waals surface area contributed by atoms with Gasteiger partial charge in [-0.2, -0.15) is 0 Å². The van der Waals surface area contributed by atoms with Gasteiger partial charge in [0.05, 0.1) is 0 Å². The molecule has 1 unspecified atom stereocenters. The molecule has 1 N–H and O–H groups in total. The highest BCUT2D eigenvalue weighted by atomic mass is 127. The van der Waals surface area contributed by atoms with Crippen LogP contribution in [0.2, 0.25) is 0 Å². The fraction of sp³-hybridized carbons (Fsp3) is 0.133. The summed E-state index contributed by atoms with van der Waals surface area (Å²) in [6.45, 7) is 0.410. The van der Waals surface area contributed by atoms with Crippen molar-refractivity contribution >= 4 is 28.6 Å². The van der Waals surface area contributed by atoms with Crippen LogP contribution >= 0.6 is 22.6 Å². The number of aliphatic carboxylic acids is 1. The van der Waals surface area contributed by atoms with E-state index in [9.17, 15) is 9.90 Å². The second-order valence-corrected chi connectivity index (χ2v) is 5.69. The van der Waals surface area contributed by atoms with Gasteiger partial charge in [-0.25, -0.2) is 0 Å². The van der Waals surface area contributed by atoms with Crippen molar-refractivity contribution in [3.63, 3.8) is 0 Å². The summed E-state index contributed by atoms with van der Waals surface area (Å²) in [6, 6.07) is 13.2. The van der Waals surface area contributed by atoms with Crippen LogP contribution in [-0.4, -0.2) is 11.1 Å². The molecular weight excluding hydrogens is 355 g/mol. The number of halogens is 1. The second-order valence-electron chi connectivity index (χ2n) is 4.44. The molecule has 19 heavy (non-hydrogen) atoms. The van der Waals surface area contributed by atoms with Crippen LogP contribution in [0.4, 0.5) is 0 Å². The third-order valence-corrected chi connectivity index (χ3v) is 3.95. The maximum Gasteiger partial charge on any atom is 0.315 e. The summed E-state index contributed by atoms with van der Waals surface area (Å²) in [6.07, 6.45) is 0. The van der Waals surface area contributed by atoms with Gasteiger partial charge in [0, 0.05) is 9.13 Å². The summed E-state index contributed by atoms with van der Waals surface area (Å²) in [5, 5.41) is 9.59. The van der Waals surface area contributed by atoms with E-state index in [1.807, 2.05) is 42.5 Å². The Labute approximate surface area is 124 Å². The first-order valence-electron chi connectivity index (χ1n) is 5.89. The number of carbonyl (C=O) groups is 1. The number of rotatable bonds is 1. The summed E-state index contributed by atoms with van der Waals surface area (Å²) in [7, 11) is 0. The fourth-order valence-electron chi connectivity index (χ4n) is 2.41. The Morgan fingerprint density at radius 3 is 2.79 bits per heavy atom. The first kappa shape index (κ1) is 12.5. The molecule has 2 aromatic rings. The standard InChI is InChI=1S/C15H11IO3/c16-10-5-6-13-12(7-10)14(15(17)18)11-4-2-1-3-9(11)8-19-13/h1-7,14H,8H2,(H,17,18). The van der Waals surface area contributed by atoms with Crippen molar-refractivity contribution in [1.82, 2.24) is 0 Å². The van der Waals surface area contributed by atoms with Crippen LogP contribution < -0.4 is 4.74 Å². The normalized spacial score (nSPS) is 16.8. The van der Waals surface area contributed by atoms with E-state index in [1.54, 1.807) is 0 Å². The molecule has 1 aliphatic rings. The Bertz CT molecular complexity index is 652. The lowest BCUT2D eigenvalue weighted by Crippen LogP contribution is -2.13. The molecule has 1 aliphatic heterocycles. The van der Waals surface area contributed by atoms with Crippen LogP contribution in [0.5, 0.6) is 5.75 Å². The van der Waals surface area contributed by atoms with Gasteiger partial charge in [0.25, 0.3) is 0 Å². The Kier molecular flexibility index (Phi) is 3.18. The number of hydrogen-bond acceptors (Lipinski definition) is 2. The largest absolute Gasteiger partial charge is 0.489 e. The van der Waals surface area contributed by atoms with E-state index in [0.717, 1.165) is 20.3 Å². The molecule has 1 atom stereocenters. The highest BCUT2D eigenvalue weighted by Crippen LogP contribution is 2.38. The average Bonchev–Trinajstić information content (AvgIpc) is 2.54. The van der Waals surface area contributed by atoms with Crippen molar-refractivity contribution in [3.05, 3.63) is 62.7 Å². The van der Waals surface area contributed by atoms with Crippen molar-refractivity contribution < 1.29 is 14.6 Å². The molecule has 4 heteroatoms. The molecule has 96 valence electrons. The number of carboxylic acid groups (broad SMARTS) is 1. The highest BCUT2D eigenvalue weighted by Gasteiger charge is 2.30. The molecule has 3 rings (SSSR count). The molecule has 3 nitrogen and oxygen atoms in total. The summed E-state index contributed by atoms with van der Waals surface area (Å²) in [4.78, 5) is 11.7. The van der Waals surface area contributed by atoms with E-state index in [2.05, 4.69) is 22.6 Å². The minimum atomic E-state index is -0.846. The van der Waals surface area contributed by atoms with E-state index in [1.165, 1.54) is 0 Å². The Balaban J connectivity index is 2.25. The lowest BCUT2D eigenvalue weighted by atomic mass is 9.88. The maximum absolute atomic E-state index is 11.7. The van der Waals surface area contributed by atoms with Crippen molar-refractivity contribution in [2.24, 2.45) is 0 Å². The van der Waals surface area contributed by atoms with Crippen LogP contribution in [0.15, 0.2) is 42.5 Å². The summed E-state index contributed by atoms with van der Waals surface area (Å²) < 4.78 is 6.75. The van der Waals surface area contributed by atoms with E-state index in [0.29, 0.717) is 12.4 Å². The van der Waals surface area contributed by atoms with Gasteiger partial charge in [0.2, 0.25) is 0 Å². The maximum atomic E-state index is 11.7. The zero-order chi connectivity index (χ0) is 13.4. The molecule has 0 saturated heterocycles. The van der Waals surface area contributed by atoms with Crippen LogP contribution in [0.25, 0.3) is 0 Å². The average molecular weight is 366 g/mol. The first-order chi connectivity index (χ1) is 9.16.